The highest BCUT2D eigenvalue weighted by molar-refractivity contribution is 9.10. The summed E-state index contributed by atoms with van der Waals surface area (Å²) in [4.78, 5) is 11.8. The van der Waals surface area contributed by atoms with Crippen LogP contribution < -0.4 is 16.2 Å². The second-order valence-electron chi connectivity index (χ2n) is 4.64. The maximum atomic E-state index is 13.5. The molecule has 1 aromatic carbocycles. The summed E-state index contributed by atoms with van der Waals surface area (Å²) in [5.74, 6) is -0.612. The van der Waals surface area contributed by atoms with E-state index in [1.54, 1.807) is 0 Å². The third-order valence-corrected chi connectivity index (χ3v) is 3.21. The van der Waals surface area contributed by atoms with E-state index in [4.69, 9.17) is 12.2 Å². The predicted octanol–water partition coefficient (Wildman–Crippen LogP) is 2.74. The fourth-order valence-electron chi connectivity index (χ4n) is 1.37. The van der Waals surface area contributed by atoms with Gasteiger partial charge in [-0.05, 0) is 42.8 Å². The number of hydrogen-bond acceptors (Lipinski definition) is 2. The molecular formula is C13H17BrFN3OS. The number of amides is 1. The number of thiocarbonyl (C=S) groups is 1. The van der Waals surface area contributed by atoms with Crippen molar-refractivity contribution >= 4 is 39.2 Å². The van der Waals surface area contributed by atoms with Gasteiger partial charge in [0.05, 0.1) is 5.56 Å². The van der Waals surface area contributed by atoms with Crippen molar-refractivity contribution in [2.24, 2.45) is 5.92 Å². The van der Waals surface area contributed by atoms with Gasteiger partial charge in [-0.1, -0.05) is 29.8 Å². The van der Waals surface area contributed by atoms with Crippen molar-refractivity contribution in [3.63, 3.8) is 0 Å². The molecule has 0 saturated heterocycles. The third kappa shape index (κ3) is 5.83. The highest BCUT2D eigenvalue weighted by Gasteiger charge is 2.12. The van der Waals surface area contributed by atoms with E-state index in [-0.39, 0.29) is 5.56 Å². The minimum absolute atomic E-state index is 0.0585. The van der Waals surface area contributed by atoms with Crippen LogP contribution in [0.4, 0.5) is 4.39 Å². The molecule has 0 spiro atoms. The maximum Gasteiger partial charge on any atom is 0.272 e. The Morgan fingerprint density at radius 1 is 1.40 bits per heavy atom. The molecule has 7 heteroatoms. The standard InChI is InChI=1S/C13H17BrFN3OS/c1-8(2)5-6-16-13(20)18-17-12(19)10-7-9(14)3-4-11(10)15/h3-4,7-8H,5-6H2,1-2H3,(H,17,19)(H2,16,18,20). The predicted molar refractivity (Wildman–Crippen MR) is 84.8 cm³/mol. The van der Waals surface area contributed by atoms with Crippen LogP contribution in [0.2, 0.25) is 0 Å². The summed E-state index contributed by atoms with van der Waals surface area (Å²) in [5.41, 5.74) is 4.83. The van der Waals surface area contributed by atoms with Gasteiger partial charge < -0.3 is 5.32 Å². The number of carbonyl (C=O) groups is 1. The van der Waals surface area contributed by atoms with E-state index in [0.29, 0.717) is 22.0 Å². The first kappa shape index (κ1) is 16.8. The molecule has 0 fully saturated rings. The van der Waals surface area contributed by atoms with Crippen molar-refractivity contribution in [2.75, 3.05) is 6.54 Å². The molecule has 4 nitrogen and oxygen atoms in total. The van der Waals surface area contributed by atoms with Crippen LogP contribution in [0.25, 0.3) is 0 Å². The van der Waals surface area contributed by atoms with E-state index in [1.807, 2.05) is 0 Å². The summed E-state index contributed by atoms with van der Waals surface area (Å²) in [6.45, 7) is 4.93. The fraction of sp³-hybridized carbons (Fsp3) is 0.385. The first-order valence-corrected chi connectivity index (χ1v) is 7.39. The molecule has 0 aliphatic rings. The maximum absolute atomic E-state index is 13.5. The van der Waals surface area contributed by atoms with Crippen LogP contribution in [-0.4, -0.2) is 17.6 Å². The molecule has 0 saturated carbocycles. The Balaban J connectivity index is 2.43. The molecule has 0 aliphatic heterocycles. The second-order valence-corrected chi connectivity index (χ2v) is 5.97. The summed E-state index contributed by atoms with van der Waals surface area (Å²) in [7, 11) is 0. The van der Waals surface area contributed by atoms with Crippen molar-refractivity contribution in [1.29, 1.82) is 0 Å². The van der Waals surface area contributed by atoms with Crippen molar-refractivity contribution in [1.82, 2.24) is 16.2 Å². The lowest BCUT2D eigenvalue weighted by atomic mass is 10.1. The van der Waals surface area contributed by atoms with Crippen molar-refractivity contribution in [3.8, 4) is 0 Å². The second kappa shape index (κ2) is 8.16. The molecule has 20 heavy (non-hydrogen) atoms. The number of halogens is 2. The number of hydrogen-bond donors (Lipinski definition) is 3. The zero-order valence-electron chi connectivity index (χ0n) is 11.3. The van der Waals surface area contributed by atoms with E-state index >= 15 is 0 Å². The average Bonchev–Trinajstić information content (AvgIpc) is 2.38. The van der Waals surface area contributed by atoms with Crippen LogP contribution in [0, 0.1) is 11.7 Å². The normalized spacial score (nSPS) is 10.2. The monoisotopic (exact) mass is 361 g/mol. The lowest BCUT2D eigenvalue weighted by Gasteiger charge is -2.12. The molecular weight excluding hydrogens is 345 g/mol. The van der Waals surface area contributed by atoms with Gasteiger partial charge in [0.25, 0.3) is 5.91 Å². The summed E-state index contributed by atoms with van der Waals surface area (Å²) in [5, 5.41) is 3.25. The first-order chi connectivity index (χ1) is 9.40. The summed E-state index contributed by atoms with van der Waals surface area (Å²) < 4.78 is 14.1. The van der Waals surface area contributed by atoms with Crippen LogP contribution >= 0.6 is 28.1 Å². The van der Waals surface area contributed by atoms with Gasteiger partial charge in [-0.15, -0.1) is 0 Å². The van der Waals surface area contributed by atoms with E-state index in [9.17, 15) is 9.18 Å². The molecule has 1 amide bonds. The topological polar surface area (TPSA) is 53.2 Å². The van der Waals surface area contributed by atoms with Gasteiger partial charge in [0.15, 0.2) is 5.11 Å². The van der Waals surface area contributed by atoms with Crippen LogP contribution in [0.3, 0.4) is 0 Å². The van der Waals surface area contributed by atoms with Crippen molar-refractivity contribution < 1.29 is 9.18 Å². The Morgan fingerprint density at radius 2 is 2.10 bits per heavy atom. The molecule has 0 heterocycles. The van der Waals surface area contributed by atoms with Crippen molar-refractivity contribution in [2.45, 2.75) is 20.3 Å². The zero-order valence-corrected chi connectivity index (χ0v) is 13.7. The molecule has 0 aliphatic carbocycles. The SMILES string of the molecule is CC(C)CCNC(=S)NNC(=O)c1cc(Br)ccc1F. The highest BCUT2D eigenvalue weighted by atomic mass is 79.9. The number of nitrogens with one attached hydrogen (secondary N) is 3. The Morgan fingerprint density at radius 3 is 2.75 bits per heavy atom. The van der Waals surface area contributed by atoms with Crippen LogP contribution in [-0.2, 0) is 0 Å². The molecule has 3 N–H and O–H groups in total. The van der Waals surface area contributed by atoms with E-state index in [2.05, 4.69) is 45.9 Å². The number of carbonyl (C=O) groups excluding carboxylic acids is 1. The number of rotatable bonds is 4. The Kier molecular flexibility index (Phi) is 6.87. The Labute approximate surface area is 131 Å². The van der Waals surface area contributed by atoms with Gasteiger partial charge in [-0.3, -0.25) is 15.6 Å². The minimum Gasteiger partial charge on any atom is -0.361 e. The molecule has 0 atom stereocenters. The van der Waals surface area contributed by atoms with Gasteiger partial charge in [0, 0.05) is 11.0 Å². The van der Waals surface area contributed by atoms with Gasteiger partial charge in [0.1, 0.15) is 5.82 Å². The van der Waals surface area contributed by atoms with Gasteiger partial charge in [0.2, 0.25) is 0 Å². The van der Waals surface area contributed by atoms with E-state index in [1.165, 1.54) is 18.2 Å². The van der Waals surface area contributed by atoms with Gasteiger partial charge >= 0.3 is 0 Å². The molecule has 0 radical (unpaired) electrons. The first-order valence-electron chi connectivity index (χ1n) is 6.19. The lowest BCUT2D eigenvalue weighted by molar-refractivity contribution is 0.0939. The Hall–Kier alpha value is -1.21. The van der Waals surface area contributed by atoms with E-state index in [0.717, 1.165) is 6.42 Å². The average molecular weight is 362 g/mol. The quantitative estimate of drug-likeness (QED) is 0.570. The Bertz CT molecular complexity index is 497. The zero-order chi connectivity index (χ0) is 15.1. The molecule has 0 aromatic heterocycles. The summed E-state index contributed by atoms with van der Waals surface area (Å²) >= 11 is 8.18. The molecule has 0 bridgehead atoms. The number of hydrazine groups is 1. The lowest BCUT2D eigenvalue weighted by Crippen LogP contribution is -2.47. The summed E-state index contributed by atoms with van der Waals surface area (Å²) in [6, 6.07) is 4.15. The largest absolute Gasteiger partial charge is 0.361 e. The fourth-order valence-corrected chi connectivity index (χ4v) is 1.89. The van der Waals surface area contributed by atoms with Gasteiger partial charge in [-0.25, -0.2) is 4.39 Å². The van der Waals surface area contributed by atoms with Crippen LogP contribution in [0.5, 0.6) is 0 Å². The molecule has 0 unspecified atom stereocenters. The van der Waals surface area contributed by atoms with Crippen LogP contribution in [0.15, 0.2) is 22.7 Å². The van der Waals surface area contributed by atoms with Crippen molar-refractivity contribution in [3.05, 3.63) is 34.1 Å². The van der Waals surface area contributed by atoms with E-state index < -0.39 is 11.7 Å². The summed E-state index contributed by atoms with van der Waals surface area (Å²) in [6.07, 6.45) is 0.968. The van der Waals surface area contributed by atoms with Crippen LogP contribution in [0.1, 0.15) is 30.6 Å². The number of benzene rings is 1. The highest BCUT2D eigenvalue weighted by Crippen LogP contribution is 2.15. The molecule has 110 valence electrons. The minimum atomic E-state index is -0.591. The third-order valence-electron chi connectivity index (χ3n) is 2.47. The van der Waals surface area contributed by atoms with Gasteiger partial charge in [-0.2, -0.15) is 0 Å². The smallest absolute Gasteiger partial charge is 0.272 e. The molecule has 1 rings (SSSR count). The molecule has 1 aromatic rings.